The summed E-state index contributed by atoms with van der Waals surface area (Å²) in [7, 11) is 0. The molecule has 3 aromatic carbocycles. The molecule has 40 heavy (non-hydrogen) atoms. The first-order valence-electron chi connectivity index (χ1n) is 12.5. The SMILES string of the molecule is O=C(Nc1cccc(OC[C@H](O)CO)c1)c1cccc2[nH]c(-c3ccc(N4CC[C@H](F)C4)cc3C(F)(F)F)nc12. The van der Waals surface area contributed by atoms with Gasteiger partial charge in [0.25, 0.3) is 5.91 Å². The Morgan fingerprint density at radius 3 is 2.70 bits per heavy atom. The van der Waals surface area contributed by atoms with Crippen LogP contribution in [-0.2, 0) is 6.18 Å². The standard InChI is InChI=1S/C28H26F4N4O4/c29-16-9-10-36(13-16)18-7-8-21(23(12-18)28(30,31)32)26-34-24-6-2-5-22(25(24)35-26)27(39)33-17-3-1-4-20(11-17)40-15-19(38)14-37/h1-8,11-12,16,19,37-38H,9-10,13-15H2,(H,33,39)(H,34,35)/t16-,19+/m0/s1. The maximum Gasteiger partial charge on any atom is 0.417 e. The zero-order valence-electron chi connectivity index (χ0n) is 21.1. The summed E-state index contributed by atoms with van der Waals surface area (Å²) in [5.74, 6) is -0.251. The van der Waals surface area contributed by atoms with E-state index in [1.807, 2.05) is 0 Å². The molecule has 1 aliphatic heterocycles. The van der Waals surface area contributed by atoms with Crippen LogP contribution in [0.1, 0.15) is 22.3 Å². The molecule has 1 aromatic heterocycles. The second-order valence-electron chi connectivity index (χ2n) is 9.48. The highest BCUT2D eigenvalue weighted by Crippen LogP contribution is 2.40. The number of rotatable bonds is 8. The minimum atomic E-state index is -4.69. The van der Waals surface area contributed by atoms with Crippen molar-refractivity contribution in [2.24, 2.45) is 0 Å². The molecule has 2 heterocycles. The van der Waals surface area contributed by atoms with Crippen molar-refractivity contribution in [3.63, 3.8) is 0 Å². The van der Waals surface area contributed by atoms with Gasteiger partial charge in [0.05, 0.1) is 23.3 Å². The fourth-order valence-electron chi connectivity index (χ4n) is 4.57. The van der Waals surface area contributed by atoms with E-state index < -0.39 is 36.5 Å². The highest BCUT2D eigenvalue weighted by Gasteiger charge is 2.36. The number of aliphatic hydroxyl groups excluding tert-OH is 2. The molecule has 210 valence electrons. The van der Waals surface area contributed by atoms with E-state index in [4.69, 9.17) is 9.84 Å². The van der Waals surface area contributed by atoms with Crippen molar-refractivity contribution in [1.29, 1.82) is 0 Å². The highest BCUT2D eigenvalue weighted by molar-refractivity contribution is 6.11. The van der Waals surface area contributed by atoms with Crippen LogP contribution in [0.25, 0.3) is 22.4 Å². The number of amides is 1. The number of aliphatic hydroxyl groups is 2. The third kappa shape index (κ3) is 5.87. The third-order valence-corrected chi connectivity index (χ3v) is 6.56. The first-order chi connectivity index (χ1) is 19.1. The van der Waals surface area contributed by atoms with Crippen molar-refractivity contribution < 1.29 is 37.3 Å². The molecule has 1 fully saturated rings. The van der Waals surface area contributed by atoms with Crippen LogP contribution in [0, 0.1) is 0 Å². The number of halogens is 4. The molecule has 1 aliphatic rings. The quantitative estimate of drug-likeness (QED) is 0.232. The van der Waals surface area contributed by atoms with Crippen molar-refractivity contribution in [2.45, 2.75) is 24.9 Å². The molecule has 0 aliphatic carbocycles. The number of nitrogens with zero attached hydrogens (tertiary/aromatic N) is 2. The zero-order chi connectivity index (χ0) is 28.4. The molecule has 4 N–H and O–H groups in total. The summed E-state index contributed by atoms with van der Waals surface area (Å²) in [6, 6.07) is 14.9. The summed E-state index contributed by atoms with van der Waals surface area (Å²) in [6.45, 7) is -0.225. The van der Waals surface area contributed by atoms with Gasteiger partial charge in [0.15, 0.2) is 0 Å². The largest absolute Gasteiger partial charge is 0.491 e. The van der Waals surface area contributed by atoms with E-state index in [-0.39, 0.29) is 47.7 Å². The van der Waals surface area contributed by atoms with E-state index in [9.17, 15) is 27.5 Å². The number of alkyl halides is 4. The van der Waals surface area contributed by atoms with Crippen molar-refractivity contribution in [2.75, 3.05) is 36.5 Å². The molecule has 1 amide bonds. The number of para-hydroxylation sites is 1. The lowest BCUT2D eigenvalue weighted by Crippen LogP contribution is -2.21. The van der Waals surface area contributed by atoms with E-state index in [1.54, 1.807) is 35.2 Å². The number of H-pyrrole nitrogens is 1. The van der Waals surface area contributed by atoms with Gasteiger partial charge in [-0.05, 0) is 48.9 Å². The number of hydrogen-bond acceptors (Lipinski definition) is 6. The third-order valence-electron chi connectivity index (χ3n) is 6.56. The summed E-state index contributed by atoms with van der Waals surface area (Å²) >= 11 is 0. The van der Waals surface area contributed by atoms with Crippen LogP contribution in [0.3, 0.4) is 0 Å². The molecule has 4 aromatic rings. The van der Waals surface area contributed by atoms with Crippen molar-refractivity contribution >= 4 is 28.3 Å². The van der Waals surface area contributed by atoms with Gasteiger partial charge in [0.2, 0.25) is 0 Å². The van der Waals surface area contributed by atoms with Crippen molar-refractivity contribution in [1.82, 2.24) is 9.97 Å². The summed E-state index contributed by atoms with van der Waals surface area (Å²) in [5, 5.41) is 21.1. The minimum Gasteiger partial charge on any atom is -0.491 e. The number of nitrogens with one attached hydrogen (secondary N) is 2. The van der Waals surface area contributed by atoms with Crippen LogP contribution in [-0.4, -0.2) is 64.7 Å². The minimum absolute atomic E-state index is 0.0411. The van der Waals surface area contributed by atoms with Crippen LogP contribution in [0.5, 0.6) is 5.75 Å². The smallest absolute Gasteiger partial charge is 0.417 e. The van der Waals surface area contributed by atoms with Gasteiger partial charge in [-0.1, -0.05) is 12.1 Å². The van der Waals surface area contributed by atoms with Crippen LogP contribution in [0.4, 0.5) is 28.9 Å². The molecular formula is C28H26F4N4O4. The van der Waals surface area contributed by atoms with Gasteiger partial charge in [-0.3, -0.25) is 4.79 Å². The molecule has 5 rings (SSSR count). The lowest BCUT2D eigenvalue weighted by molar-refractivity contribution is -0.137. The van der Waals surface area contributed by atoms with Gasteiger partial charge < -0.3 is 30.2 Å². The Kier molecular flexibility index (Phi) is 7.63. The second kappa shape index (κ2) is 11.1. The Labute approximate surface area is 226 Å². The predicted molar refractivity (Wildman–Crippen MR) is 141 cm³/mol. The predicted octanol–water partition coefficient (Wildman–Crippen LogP) is 4.78. The molecule has 0 unspecified atom stereocenters. The highest BCUT2D eigenvalue weighted by atomic mass is 19.4. The first-order valence-corrected chi connectivity index (χ1v) is 12.5. The van der Waals surface area contributed by atoms with E-state index in [0.29, 0.717) is 23.5 Å². The van der Waals surface area contributed by atoms with E-state index in [0.717, 1.165) is 6.07 Å². The van der Waals surface area contributed by atoms with Gasteiger partial charge >= 0.3 is 6.18 Å². The Balaban J connectivity index is 1.43. The fraction of sp³-hybridized carbons (Fsp3) is 0.286. The van der Waals surface area contributed by atoms with Gasteiger partial charge in [-0.15, -0.1) is 0 Å². The summed E-state index contributed by atoms with van der Waals surface area (Å²) in [5.41, 5.74) is 0.245. The number of hydrogen-bond donors (Lipinski definition) is 4. The van der Waals surface area contributed by atoms with Gasteiger partial charge in [0.1, 0.15) is 36.0 Å². The summed E-state index contributed by atoms with van der Waals surface area (Å²) < 4.78 is 61.4. The molecule has 12 heteroatoms. The van der Waals surface area contributed by atoms with Gasteiger partial charge in [0, 0.05) is 36.1 Å². The Hall–Kier alpha value is -4.16. The van der Waals surface area contributed by atoms with E-state index >= 15 is 0 Å². The lowest BCUT2D eigenvalue weighted by Gasteiger charge is -2.20. The molecule has 0 bridgehead atoms. The maximum absolute atomic E-state index is 14.1. The van der Waals surface area contributed by atoms with Crippen LogP contribution < -0.4 is 15.0 Å². The number of fused-ring (bicyclic) bond motifs is 1. The summed E-state index contributed by atoms with van der Waals surface area (Å²) in [6.07, 6.45) is -6.56. The Morgan fingerprint density at radius 1 is 1.18 bits per heavy atom. The number of anilines is 2. The van der Waals surface area contributed by atoms with Crippen LogP contribution >= 0.6 is 0 Å². The average Bonchev–Trinajstić information content (AvgIpc) is 3.57. The molecule has 8 nitrogen and oxygen atoms in total. The molecule has 2 atom stereocenters. The Bertz CT molecular complexity index is 1520. The molecular weight excluding hydrogens is 532 g/mol. The number of aromatic amines is 1. The molecule has 0 spiro atoms. The molecule has 0 radical (unpaired) electrons. The fourth-order valence-corrected chi connectivity index (χ4v) is 4.57. The average molecular weight is 559 g/mol. The van der Waals surface area contributed by atoms with Crippen molar-refractivity contribution in [3.8, 4) is 17.1 Å². The number of carbonyl (C=O) groups excluding carboxylic acids is 1. The number of benzene rings is 3. The van der Waals surface area contributed by atoms with Gasteiger partial charge in [-0.25, -0.2) is 9.37 Å². The summed E-state index contributed by atoms with van der Waals surface area (Å²) in [4.78, 5) is 22.0. The van der Waals surface area contributed by atoms with Crippen LogP contribution in [0.15, 0.2) is 60.7 Å². The first kappa shape index (κ1) is 27.4. The number of carbonyl (C=O) groups is 1. The van der Waals surface area contributed by atoms with E-state index in [2.05, 4.69) is 15.3 Å². The number of aromatic nitrogens is 2. The van der Waals surface area contributed by atoms with E-state index in [1.165, 1.54) is 24.3 Å². The van der Waals surface area contributed by atoms with Crippen LogP contribution in [0.2, 0.25) is 0 Å². The number of imidazole rings is 1. The number of ether oxygens (including phenoxy) is 1. The second-order valence-corrected chi connectivity index (χ2v) is 9.48. The van der Waals surface area contributed by atoms with Gasteiger partial charge in [-0.2, -0.15) is 13.2 Å². The monoisotopic (exact) mass is 558 g/mol. The molecule has 0 saturated carbocycles. The molecule has 1 saturated heterocycles. The maximum atomic E-state index is 14.1. The topological polar surface area (TPSA) is 111 Å². The normalized spacial score (nSPS) is 16.4. The van der Waals surface area contributed by atoms with Crippen molar-refractivity contribution in [3.05, 3.63) is 71.8 Å². The zero-order valence-corrected chi connectivity index (χ0v) is 21.1. The Morgan fingerprint density at radius 2 is 1.98 bits per heavy atom. The lowest BCUT2D eigenvalue weighted by atomic mass is 10.0.